The van der Waals surface area contributed by atoms with Crippen LogP contribution in [0.5, 0.6) is 0 Å². The Morgan fingerprint density at radius 1 is 1.32 bits per heavy atom. The molecule has 1 unspecified atom stereocenters. The van der Waals surface area contributed by atoms with Crippen LogP contribution in [0.2, 0.25) is 0 Å². The number of hydrogen-bond donors (Lipinski definition) is 1. The highest BCUT2D eigenvalue weighted by Gasteiger charge is 2.52. The number of Topliss-reactive ketones (excluding diaryl/α,β-unsaturated/α-hetero) is 1. The van der Waals surface area contributed by atoms with Crippen LogP contribution in [0.15, 0.2) is 47.6 Å². The van der Waals surface area contributed by atoms with E-state index in [0.717, 1.165) is 0 Å². The molecule has 0 saturated heterocycles. The van der Waals surface area contributed by atoms with E-state index in [-0.39, 0.29) is 43.2 Å². The number of carbonyl (C=O) groups excluding carboxylic acids is 1. The molecule has 3 rings (SSSR count). The van der Waals surface area contributed by atoms with Crippen LogP contribution < -0.4 is 5.73 Å². The van der Waals surface area contributed by atoms with E-state index in [4.69, 9.17) is 10.5 Å². The van der Waals surface area contributed by atoms with Gasteiger partial charge in [-0.25, -0.2) is 8.78 Å². The van der Waals surface area contributed by atoms with Crippen molar-refractivity contribution >= 4 is 11.6 Å². The summed E-state index contributed by atoms with van der Waals surface area (Å²) in [5.41, 5.74) is 3.28. The van der Waals surface area contributed by atoms with Gasteiger partial charge in [0.1, 0.15) is 29.5 Å². The number of aliphatic imine (C=N–C) groups is 1. The SMILES string of the molecule is CC[C@]1(c2cc(CC(=O)c3ccccn3)ccc2F)N=C(N)COCC1(C)F. The first-order chi connectivity index (χ1) is 13.3. The normalized spacial score (nSPS) is 25.1. The lowest BCUT2D eigenvalue weighted by Crippen LogP contribution is -2.48. The van der Waals surface area contributed by atoms with Crippen molar-refractivity contribution in [1.82, 2.24) is 4.98 Å². The molecule has 7 heteroatoms. The first-order valence-electron chi connectivity index (χ1n) is 9.13. The molecule has 0 bridgehead atoms. The van der Waals surface area contributed by atoms with Gasteiger partial charge in [-0.1, -0.05) is 19.1 Å². The van der Waals surface area contributed by atoms with Crippen molar-refractivity contribution in [3.63, 3.8) is 0 Å². The van der Waals surface area contributed by atoms with Gasteiger partial charge in [0.05, 0.1) is 6.61 Å². The molecule has 28 heavy (non-hydrogen) atoms. The van der Waals surface area contributed by atoms with Crippen LogP contribution in [0.1, 0.15) is 41.9 Å². The molecule has 5 nitrogen and oxygen atoms in total. The second kappa shape index (κ2) is 7.75. The molecule has 0 radical (unpaired) electrons. The molecular formula is C21H23F2N3O2. The largest absolute Gasteiger partial charge is 0.386 e. The summed E-state index contributed by atoms with van der Waals surface area (Å²) >= 11 is 0. The highest BCUT2D eigenvalue weighted by molar-refractivity contribution is 5.95. The molecule has 148 valence electrons. The number of pyridine rings is 1. The Morgan fingerprint density at radius 2 is 2.11 bits per heavy atom. The van der Waals surface area contributed by atoms with Crippen molar-refractivity contribution in [2.75, 3.05) is 13.2 Å². The van der Waals surface area contributed by atoms with Crippen LogP contribution in [-0.4, -0.2) is 35.5 Å². The van der Waals surface area contributed by atoms with E-state index in [0.29, 0.717) is 11.3 Å². The molecule has 1 aliphatic rings. The lowest BCUT2D eigenvalue weighted by Gasteiger charge is -2.39. The zero-order valence-electron chi connectivity index (χ0n) is 15.9. The third kappa shape index (κ3) is 3.67. The summed E-state index contributed by atoms with van der Waals surface area (Å²) in [6, 6.07) is 9.31. The number of ether oxygens (including phenoxy) is 1. The van der Waals surface area contributed by atoms with Crippen molar-refractivity contribution in [2.45, 2.75) is 37.9 Å². The van der Waals surface area contributed by atoms with Gasteiger partial charge < -0.3 is 10.5 Å². The Morgan fingerprint density at radius 3 is 2.79 bits per heavy atom. The standard InChI is InChI=1S/C21H23F2N3O2/c1-3-21(20(2,23)13-28-12-19(24)26-21)15-10-14(7-8-16(15)22)11-18(27)17-6-4-5-9-25-17/h4-10H,3,11-13H2,1-2H3,(H2,24,26)/t20?,21-/m1/s1. The van der Waals surface area contributed by atoms with Crippen molar-refractivity contribution in [3.05, 3.63) is 65.2 Å². The highest BCUT2D eigenvalue weighted by atomic mass is 19.1. The highest BCUT2D eigenvalue weighted by Crippen LogP contribution is 2.45. The quantitative estimate of drug-likeness (QED) is 0.798. The number of amidine groups is 1. The number of nitrogens with zero attached hydrogens (tertiary/aromatic N) is 2. The summed E-state index contributed by atoms with van der Waals surface area (Å²) in [4.78, 5) is 20.9. The monoisotopic (exact) mass is 387 g/mol. The smallest absolute Gasteiger partial charge is 0.185 e. The zero-order valence-corrected chi connectivity index (χ0v) is 15.9. The van der Waals surface area contributed by atoms with Gasteiger partial charge in [-0.05, 0) is 43.2 Å². The van der Waals surface area contributed by atoms with Gasteiger partial charge in [-0.3, -0.25) is 14.8 Å². The first kappa shape index (κ1) is 20.1. The fourth-order valence-electron chi connectivity index (χ4n) is 3.64. The lowest BCUT2D eigenvalue weighted by molar-refractivity contribution is -0.00941. The number of benzene rings is 1. The van der Waals surface area contributed by atoms with Crippen molar-refractivity contribution < 1.29 is 18.3 Å². The van der Waals surface area contributed by atoms with E-state index in [9.17, 15) is 9.18 Å². The number of ketones is 1. The number of halogens is 2. The van der Waals surface area contributed by atoms with Crippen molar-refractivity contribution in [2.24, 2.45) is 10.7 Å². The lowest BCUT2D eigenvalue weighted by atomic mass is 9.74. The van der Waals surface area contributed by atoms with E-state index < -0.39 is 17.0 Å². The van der Waals surface area contributed by atoms with E-state index >= 15 is 4.39 Å². The third-order valence-corrected chi connectivity index (χ3v) is 5.12. The number of alkyl halides is 1. The van der Waals surface area contributed by atoms with Gasteiger partial charge in [0, 0.05) is 18.2 Å². The van der Waals surface area contributed by atoms with Crippen LogP contribution in [0.25, 0.3) is 0 Å². The van der Waals surface area contributed by atoms with Gasteiger partial charge in [0.25, 0.3) is 0 Å². The Bertz CT molecular complexity index is 900. The summed E-state index contributed by atoms with van der Waals surface area (Å²) in [6.07, 6.45) is 1.73. The maximum atomic E-state index is 15.6. The second-order valence-corrected chi connectivity index (χ2v) is 7.14. The summed E-state index contributed by atoms with van der Waals surface area (Å²) in [5.74, 6) is -0.699. The first-order valence-corrected chi connectivity index (χ1v) is 9.13. The minimum Gasteiger partial charge on any atom is -0.386 e. The molecule has 0 spiro atoms. The van der Waals surface area contributed by atoms with Gasteiger partial charge >= 0.3 is 0 Å². The molecule has 1 aromatic heterocycles. The number of nitrogens with two attached hydrogens (primary N) is 1. The van der Waals surface area contributed by atoms with Gasteiger partial charge in [-0.2, -0.15) is 0 Å². The van der Waals surface area contributed by atoms with Gasteiger partial charge in [0.2, 0.25) is 0 Å². The molecule has 2 N–H and O–H groups in total. The van der Waals surface area contributed by atoms with E-state index in [1.807, 2.05) is 0 Å². The molecule has 0 saturated carbocycles. The molecular weight excluding hydrogens is 364 g/mol. The number of hydrogen-bond acceptors (Lipinski definition) is 5. The fraction of sp³-hybridized carbons (Fsp3) is 0.381. The van der Waals surface area contributed by atoms with E-state index in [1.54, 1.807) is 25.1 Å². The predicted octanol–water partition coefficient (Wildman–Crippen LogP) is 3.37. The molecule has 2 atom stereocenters. The van der Waals surface area contributed by atoms with Gasteiger partial charge in [0.15, 0.2) is 11.5 Å². The average Bonchev–Trinajstić information content (AvgIpc) is 2.79. The molecule has 2 aromatic rings. The zero-order chi connectivity index (χ0) is 20.4. The summed E-state index contributed by atoms with van der Waals surface area (Å²) in [5, 5.41) is 0. The molecule has 2 heterocycles. The maximum absolute atomic E-state index is 15.6. The third-order valence-electron chi connectivity index (χ3n) is 5.12. The maximum Gasteiger partial charge on any atom is 0.185 e. The van der Waals surface area contributed by atoms with Crippen LogP contribution in [-0.2, 0) is 16.7 Å². The Hall–Kier alpha value is -2.67. The number of aromatic nitrogens is 1. The molecule has 1 aromatic carbocycles. The number of rotatable bonds is 5. The van der Waals surface area contributed by atoms with Crippen molar-refractivity contribution in [3.8, 4) is 0 Å². The summed E-state index contributed by atoms with van der Waals surface area (Å²) < 4.78 is 35.7. The Kier molecular flexibility index (Phi) is 5.56. The summed E-state index contributed by atoms with van der Waals surface area (Å²) in [6.45, 7) is 2.79. The van der Waals surface area contributed by atoms with Crippen LogP contribution >= 0.6 is 0 Å². The van der Waals surface area contributed by atoms with Gasteiger partial charge in [-0.15, -0.1) is 0 Å². The topological polar surface area (TPSA) is 77.6 Å². The summed E-state index contributed by atoms with van der Waals surface area (Å²) in [7, 11) is 0. The predicted molar refractivity (Wildman–Crippen MR) is 103 cm³/mol. The number of carbonyl (C=O) groups is 1. The van der Waals surface area contributed by atoms with E-state index in [2.05, 4.69) is 9.98 Å². The van der Waals surface area contributed by atoms with Crippen LogP contribution in [0.3, 0.4) is 0 Å². The molecule has 0 fully saturated rings. The second-order valence-electron chi connectivity index (χ2n) is 7.14. The van der Waals surface area contributed by atoms with Crippen LogP contribution in [0, 0.1) is 5.82 Å². The average molecular weight is 387 g/mol. The fourth-order valence-corrected chi connectivity index (χ4v) is 3.64. The van der Waals surface area contributed by atoms with Crippen LogP contribution in [0.4, 0.5) is 8.78 Å². The van der Waals surface area contributed by atoms with Crippen molar-refractivity contribution in [1.29, 1.82) is 0 Å². The minimum absolute atomic E-state index is 0.0132. The molecule has 0 aliphatic carbocycles. The Balaban J connectivity index is 2.04. The minimum atomic E-state index is -1.98. The molecule has 0 amide bonds. The van der Waals surface area contributed by atoms with E-state index in [1.165, 1.54) is 31.3 Å². The Labute approximate surface area is 162 Å². The molecule has 1 aliphatic heterocycles.